The van der Waals surface area contributed by atoms with E-state index in [9.17, 15) is 23.3 Å². The third-order valence-corrected chi connectivity index (χ3v) is 4.97. The summed E-state index contributed by atoms with van der Waals surface area (Å²) >= 11 is 0. The van der Waals surface area contributed by atoms with Crippen LogP contribution in [0.25, 0.3) is 0 Å². The second kappa shape index (κ2) is 7.52. The summed E-state index contributed by atoms with van der Waals surface area (Å²) in [5, 5.41) is 13.5. The van der Waals surface area contributed by atoms with Crippen LogP contribution in [-0.2, 0) is 14.8 Å². The van der Waals surface area contributed by atoms with Crippen molar-refractivity contribution in [3.8, 4) is 0 Å². The van der Waals surface area contributed by atoms with E-state index in [4.69, 9.17) is 0 Å². The first kappa shape index (κ1) is 19.4. The fourth-order valence-electron chi connectivity index (χ4n) is 2.50. The minimum absolute atomic E-state index is 0.123. The molecule has 0 aromatic heterocycles. The Bertz CT molecular complexity index is 957. The van der Waals surface area contributed by atoms with Gasteiger partial charge in [-0.15, -0.1) is 0 Å². The first-order valence-electron chi connectivity index (χ1n) is 7.68. The highest BCUT2D eigenvalue weighted by molar-refractivity contribution is 7.92. The van der Waals surface area contributed by atoms with Gasteiger partial charge in [0.1, 0.15) is 6.54 Å². The number of carbonyl (C=O) groups is 1. The summed E-state index contributed by atoms with van der Waals surface area (Å²) < 4.78 is 25.3. The lowest BCUT2D eigenvalue weighted by Gasteiger charge is -2.23. The van der Waals surface area contributed by atoms with Gasteiger partial charge in [-0.3, -0.25) is 19.2 Å². The van der Waals surface area contributed by atoms with Crippen molar-refractivity contribution in [2.75, 3.05) is 22.4 Å². The third kappa shape index (κ3) is 4.37. The highest BCUT2D eigenvalue weighted by Gasteiger charge is 2.23. The third-order valence-electron chi connectivity index (χ3n) is 3.85. The van der Waals surface area contributed by atoms with Crippen LogP contribution in [0.3, 0.4) is 0 Å². The molecule has 1 N–H and O–H groups in total. The predicted octanol–water partition coefficient (Wildman–Crippen LogP) is 2.62. The van der Waals surface area contributed by atoms with Crippen molar-refractivity contribution in [2.45, 2.75) is 13.8 Å². The summed E-state index contributed by atoms with van der Waals surface area (Å²) in [4.78, 5) is 22.9. The molecule has 0 spiro atoms. The number of nitrogens with one attached hydrogen (secondary N) is 1. The summed E-state index contributed by atoms with van der Waals surface area (Å²) in [5.41, 5.74) is 1.55. The average Bonchev–Trinajstić information content (AvgIpc) is 2.54. The van der Waals surface area contributed by atoms with Crippen molar-refractivity contribution in [3.63, 3.8) is 0 Å². The zero-order chi connectivity index (χ0) is 19.5. The van der Waals surface area contributed by atoms with Crippen molar-refractivity contribution in [3.05, 3.63) is 63.7 Å². The number of amides is 1. The maximum absolute atomic E-state index is 12.4. The topological polar surface area (TPSA) is 110 Å². The number of rotatable bonds is 6. The van der Waals surface area contributed by atoms with Crippen LogP contribution >= 0.6 is 0 Å². The molecule has 0 aliphatic heterocycles. The largest absolute Gasteiger partial charge is 0.324 e. The summed E-state index contributed by atoms with van der Waals surface area (Å²) in [6.07, 6.45) is 1.02. The Morgan fingerprint density at radius 2 is 1.81 bits per heavy atom. The number of carbonyl (C=O) groups excluding carboxylic acids is 1. The quantitative estimate of drug-likeness (QED) is 0.615. The van der Waals surface area contributed by atoms with Crippen molar-refractivity contribution in [1.82, 2.24) is 0 Å². The smallest absolute Gasteiger partial charge is 0.274 e. The van der Waals surface area contributed by atoms with Gasteiger partial charge in [0.05, 0.1) is 28.1 Å². The van der Waals surface area contributed by atoms with Crippen LogP contribution in [0.15, 0.2) is 42.5 Å². The minimum Gasteiger partial charge on any atom is -0.324 e. The minimum atomic E-state index is -3.70. The van der Waals surface area contributed by atoms with E-state index in [2.05, 4.69) is 5.32 Å². The molecule has 2 rings (SSSR count). The van der Waals surface area contributed by atoms with Gasteiger partial charge in [0, 0.05) is 6.07 Å². The van der Waals surface area contributed by atoms with Crippen LogP contribution in [0.2, 0.25) is 0 Å². The van der Waals surface area contributed by atoms with Gasteiger partial charge in [0.25, 0.3) is 5.69 Å². The van der Waals surface area contributed by atoms with Crippen LogP contribution in [0.4, 0.5) is 17.1 Å². The maximum Gasteiger partial charge on any atom is 0.274 e. The molecular weight excluding hydrogens is 358 g/mol. The van der Waals surface area contributed by atoms with E-state index < -0.39 is 27.4 Å². The molecule has 2 aromatic rings. The SMILES string of the molecule is Cc1ccccc1N(CC(=O)Nc1cccc([N+](=O)[O-])c1C)S(C)(=O)=O. The van der Waals surface area contributed by atoms with E-state index in [1.807, 2.05) is 0 Å². The Labute approximate surface area is 151 Å². The molecule has 1 amide bonds. The molecule has 26 heavy (non-hydrogen) atoms. The summed E-state index contributed by atoms with van der Waals surface area (Å²) in [5.74, 6) is -0.595. The standard InChI is InChI=1S/C17H19N3O5S/c1-12-7-4-5-9-15(12)19(26(3,24)25)11-17(21)18-14-8-6-10-16(13(14)2)20(22)23/h4-10H,11H2,1-3H3,(H,18,21). The molecule has 0 heterocycles. The number of aryl methyl sites for hydroxylation is 1. The first-order valence-corrected chi connectivity index (χ1v) is 9.53. The van der Waals surface area contributed by atoms with Crippen molar-refractivity contribution < 1.29 is 18.1 Å². The molecule has 0 saturated heterocycles. The molecule has 0 radical (unpaired) electrons. The number of nitro benzene ring substituents is 1. The number of nitrogens with zero attached hydrogens (tertiary/aromatic N) is 2. The van der Waals surface area contributed by atoms with Crippen LogP contribution in [0.5, 0.6) is 0 Å². The fraction of sp³-hybridized carbons (Fsp3) is 0.235. The predicted molar refractivity (Wildman–Crippen MR) is 99.8 cm³/mol. The van der Waals surface area contributed by atoms with Gasteiger partial charge in [0.15, 0.2) is 0 Å². The highest BCUT2D eigenvalue weighted by Crippen LogP contribution is 2.26. The normalized spacial score (nSPS) is 11.0. The number of anilines is 2. The molecular formula is C17H19N3O5S. The highest BCUT2D eigenvalue weighted by atomic mass is 32.2. The van der Waals surface area contributed by atoms with Crippen LogP contribution < -0.4 is 9.62 Å². The zero-order valence-electron chi connectivity index (χ0n) is 14.6. The lowest BCUT2D eigenvalue weighted by atomic mass is 10.1. The van der Waals surface area contributed by atoms with Gasteiger partial charge in [-0.2, -0.15) is 0 Å². The van der Waals surface area contributed by atoms with Gasteiger partial charge in [-0.25, -0.2) is 8.42 Å². The van der Waals surface area contributed by atoms with Crippen molar-refractivity contribution in [1.29, 1.82) is 0 Å². The van der Waals surface area contributed by atoms with E-state index in [0.29, 0.717) is 16.8 Å². The molecule has 138 valence electrons. The molecule has 0 atom stereocenters. The Hall–Kier alpha value is -2.94. The average molecular weight is 377 g/mol. The number of hydrogen-bond acceptors (Lipinski definition) is 5. The molecule has 0 unspecified atom stereocenters. The lowest BCUT2D eigenvalue weighted by Crippen LogP contribution is -2.38. The maximum atomic E-state index is 12.4. The molecule has 2 aromatic carbocycles. The molecule has 9 heteroatoms. The lowest BCUT2D eigenvalue weighted by molar-refractivity contribution is -0.385. The Kier molecular flexibility index (Phi) is 5.61. The van der Waals surface area contributed by atoms with Gasteiger partial charge in [0.2, 0.25) is 15.9 Å². The number of para-hydroxylation sites is 1. The number of sulfonamides is 1. The van der Waals surface area contributed by atoms with Crippen molar-refractivity contribution in [2.24, 2.45) is 0 Å². The van der Waals surface area contributed by atoms with E-state index in [0.717, 1.165) is 10.6 Å². The van der Waals surface area contributed by atoms with Gasteiger partial charge >= 0.3 is 0 Å². The van der Waals surface area contributed by atoms with Crippen LogP contribution in [-0.4, -0.2) is 32.0 Å². The van der Waals surface area contributed by atoms with E-state index in [1.165, 1.54) is 25.1 Å². The molecule has 0 aliphatic carbocycles. The van der Waals surface area contributed by atoms with E-state index in [-0.39, 0.29) is 11.4 Å². The molecule has 0 fully saturated rings. The number of hydrogen-bond donors (Lipinski definition) is 1. The van der Waals surface area contributed by atoms with Crippen molar-refractivity contribution >= 4 is 33.0 Å². The molecule has 8 nitrogen and oxygen atoms in total. The monoisotopic (exact) mass is 377 g/mol. The van der Waals surface area contributed by atoms with Crippen LogP contribution in [0.1, 0.15) is 11.1 Å². The zero-order valence-corrected chi connectivity index (χ0v) is 15.4. The first-order chi connectivity index (χ1) is 12.1. The van der Waals surface area contributed by atoms with Gasteiger partial charge in [-0.05, 0) is 31.5 Å². The Morgan fingerprint density at radius 3 is 2.38 bits per heavy atom. The number of benzene rings is 2. The summed E-state index contributed by atoms with van der Waals surface area (Å²) in [6, 6.07) is 11.1. The molecule has 0 saturated carbocycles. The van der Waals surface area contributed by atoms with Gasteiger partial charge in [-0.1, -0.05) is 24.3 Å². The molecule has 0 aliphatic rings. The van der Waals surface area contributed by atoms with Gasteiger partial charge < -0.3 is 5.32 Å². The Morgan fingerprint density at radius 1 is 1.15 bits per heavy atom. The number of nitro groups is 1. The van der Waals surface area contributed by atoms with E-state index in [1.54, 1.807) is 31.2 Å². The fourth-order valence-corrected chi connectivity index (χ4v) is 3.42. The molecule has 0 bridgehead atoms. The van der Waals surface area contributed by atoms with Crippen LogP contribution in [0, 0.1) is 24.0 Å². The Balaban J connectivity index is 2.29. The second-order valence-corrected chi connectivity index (χ2v) is 7.72. The summed E-state index contributed by atoms with van der Waals surface area (Å²) in [6.45, 7) is 2.82. The van der Waals surface area contributed by atoms with E-state index >= 15 is 0 Å². The second-order valence-electron chi connectivity index (χ2n) is 5.81. The summed E-state index contributed by atoms with van der Waals surface area (Å²) in [7, 11) is -3.70.